The number of nitrogens with one attached hydrogen (secondary N) is 2. The molecule has 0 aliphatic carbocycles. The molecule has 2 aromatic rings. The van der Waals surface area contributed by atoms with Crippen LogP contribution in [0.15, 0.2) is 35.5 Å². The first-order chi connectivity index (χ1) is 8.79. The Labute approximate surface area is 105 Å². The maximum atomic E-state index is 12.5. The van der Waals surface area contributed by atoms with Crippen molar-refractivity contribution < 1.29 is 21.6 Å². The zero-order valence-electron chi connectivity index (χ0n) is 9.14. The maximum Gasteiger partial charge on any atom is 0.416 e. The fraction of sp³-hybridized carbons (Fsp3) is 0.111. The zero-order valence-corrected chi connectivity index (χ0v) is 9.96. The van der Waals surface area contributed by atoms with E-state index < -0.39 is 26.7 Å². The SMILES string of the molecule is O=S(=O)(Nc1ncn[nH]1)c1cccc(C(F)(F)F)c1. The molecule has 0 atom stereocenters. The number of halogens is 3. The molecule has 6 nitrogen and oxygen atoms in total. The van der Waals surface area contributed by atoms with Crippen LogP contribution in [-0.4, -0.2) is 23.6 Å². The summed E-state index contributed by atoms with van der Waals surface area (Å²) in [5, 5.41) is 5.65. The van der Waals surface area contributed by atoms with Crippen LogP contribution in [0.1, 0.15) is 5.56 Å². The third-order valence-corrected chi connectivity index (χ3v) is 3.45. The predicted molar refractivity (Wildman–Crippen MR) is 58.6 cm³/mol. The highest BCUT2D eigenvalue weighted by Crippen LogP contribution is 2.30. The monoisotopic (exact) mass is 292 g/mol. The highest BCUT2D eigenvalue weighted by atomic mass is 32.2. The van der Waals surface area contributed by atoms with Gasteiger partial charge in [-0.15, -0.1) is 0 Å². The van der Waals surface area contributed by atoms with Gasteiger partial charge in [0.1, 0.15) is 6.33 Å². The summed E-state index contributed by atoms with van der Waals surface area (Å²) in [5.74, 6) is -0.183. The highest BCUT2D eigenvalue weighted by Gasteiger charge is 2.31. The molecule has 2 rings (SSSR count). The van der Waals surface area contributed by atoms with Gasteiger partial charge in [0.25, 0.3) is 10.0 Å². The number of anilines is 1. The van der Waals surface area contributed by atoms with E-state index in [2.05, 4.69) is 15.2 Å². The Hall–Kier alpha value is -2.10. The van der Waals surface area contributed by atoms with Crippen LogP contribution in [0.3, 0.4) is 0 Å². The molecular formula is C9H7F3N4O2S. The van der Waals surface area contributed by atoms with E-state index in [4.69, 9.17) is 0 Å². The molecular weight excluding hydrogens is 285 g/mol. The van der Waals surface area contributed by atoms with E-state index in [9.17, 15) is 21.6 Å². The van der Waals surface area contributed by atoms with Gasteiger partial charge in [0, 0.05) is 0 Å². The Morgan fingerprint density at radius 3 is 2.58 bits per heavy atom. The average molecular weight is 292 g/mol. The van der Waals surface area contributed by atoms with Crippen LogP contribution in [0.25, 0.3) is 0 Å². The van der Waals surface area contributed by atoms with Crippen molar-refractivity contribution >= 4 is 16.0 Å². The third-order valence-electron chi connectivity index (χ3n) is 2.12. The van der Waals surface area contributed by atoms with E-state index in [-0.39, 0.29) is 5.95 Å². The third kappa shape index (κ3) is 3.02. The molecule has 19 heavy (non-hydrogen) atoms. The average Bonchev–Trinajstić information content (AvgIpc) is 2.80. The van der Waals surface area contributed by atoms with E-state index in [1.165, 1.54) is 0 Å². The molecule has 0 spiro atoms. The van der Waals surface area contributed by atoms with Crippen molar-refractivity contribution in [3.63, 3.8) is 0 Å². The molecule has 1 heterocycles. The molecule has 102 valence electrons. The molecule has 0 aliphatic rings. The van der Waals surface area contributed by atoms with Crippen molar-refractivity contribution in [1.29, 1.82) is 0 Å². The van der Waals surface area contributed by atoms with Crippen molar-refractivity contribution in [1.82, 2.24) is 15.2 Å². The molecule has 0 aliphatic heterocycles. The largest absolute Gasteiger partial charge is 0.416 e. The Bertz CT molecular complexity index is 667. The summed E-state index contributed by atoms with van der Waals surface area (Å²) >= 11 is 0. The van der Waals surface area contributed by atoms with Crippen LogP contribution in [0.5, 0.6) is 0 Å². The van der Waals surface area contributed by atoms with Gasteiger partial charge in [0.2, 0.25) is 5.95 Å². The number of hydrogen-bond acceptors (Lipinski definition) is 4. The van der Waals surface area contributed by atoms with Crippen LogP contribution in [0.4, 0.5) is 19.1 Å². The van der Waals surface area contributed by atoms with Gasteiger partial charge < -0.3 is 0 Å². The van der Waals surface area contributed by atoms with Gasteiger partial charge in [0.15, 0.2) is 0 Å². The van der Waals surface area contributed by atoms with Crippen molar-refractivity contribution in [3.8, 4) is 0 Å². The molecule has 0 saturated heterocycles. The summed E-state index contributed by atoms with van der Waals surface area (Å²) in [7, 11) is -4.15. The molecule has 0 radical (unpaired) electrons. The molecule has 10 heteroatoms. The molecule has 0 saturated carbocycles. The van der Waals surface area contributed by atoms with E-state index in [1.807, 2.05) is 4.72 Å². The smallest absolute Gasteiger partial charge is 0.248 e. The lowest BCUT2D eigenvalue weighted by Crippen LogP contribution is -2.15. The van der Waals surface area contributed by atoms with Crippen LogP contribution in [-0.2, 0) is 16.2 Å². The molecule has 1 aromatic heterocycles. The number of nitrogens with zero attached hydrogens (tertiary/aromatic N) is 2. The molecule has 0 fully saturated rings. The molecule has 0 amide bonds. The van der Waals surface area contributed by atoms with Gasteiger partial charge in [-0.05, 0) is 18.2 Å². The number of aromatic nitrogens is 3. The lowest BCUT2D eigenvalue weighted by molar-refractivity contribution is -0.137. The Balaban J connectivity index is 2.36. The second-order valence-electron chi connectivity index (χ2n) is 3.47. The number of aromatic amines is 1. The lowest BCUT2D eigenvalue weighted by Gasteiger charge is -2.09. The standard InChI is InChI=1S/C9H7F3N4O2S/c10-9(11,12)6-2-1-3-7(4-6)19(17,18)16-8-13-5-14-15-8/h1-5H,(H2,13,14,15,16). The van der Waals surface area contributed by atoms with Crippen molar-refractivity contribution in [2.45, 2.75) is 11.1 Å². The molecule has 1 aromatic carbocycles. The first kappa shape index (κ1) is 13.3. The number of hydrogen-bond donors (Lipinski definition) is 2. The van der Waals surface area contributed by atoms with Gasteiger partial charge in [-0.25, -0.2) is 18.2 Å². The van der Waals surface area contributed by atoms with Crippen molar-refractivity contribution in [2.75, 3.05) is 4.72 Å². The van der Waals surface area contributed by atoms with E-state index >= 15 is 0 Å². The fourth-order valence-corrected chi connectivity index (χ4v) is 2.29. The minimum Gasteiger partial charge on any atom is -0.248 e. The summed E-state index contributed by atoms with van der Waals surface area (Å²) in [5.41, 5.74) is -1.05. The normalized spacial score (nSPS) is 12.4. The fourth-order valence-electron chi connectivity index (χ4n) is 1.28. The van der Waals surface area contributed by atoms with Crippen LogP contribution < -0.4 is 4.72 Å². The summed E-state index contributed by atoms with van der Waals surface area (Å²) < 4.78 is 63.1. The van der Waals surface area contributed by atoms with Gasteiger partial charge >= 0.3 is 6.18 Å². The number of sulfonamides is 1. The quantitative estimate of drug-likeness (QED) is 0.900. The summed E-state index contributed by atoms with van der Waals surface area (Å²) in [6, 6.07) is 3.39. The van der Waals surface area contributed by atoms with Crippen LogP contribution >= 0.6 is 0 Å². The minimum absolute atomic E-state index is 0.183. The van der Waals surface area contributed by atoms with Gasteiger partial charge in [-0.2, -0.15) is 23.3 Å². The Morgan fingerprint density at radius 1 is 1.26 bits per heavy atom. The molecule has 0 unspecified atom stereocenters. The second-order valence-corrected chi connectivity index (χ2v) is 5.15. The van der Waals surface area contributed by atoms with Gasteiger partial charge in [-0.3, -0.25) is 0 Å². The van der Waals surface area contributed by atoms with E-state index in [1.54, 1.807) is 0 Å². The zero-order chi connectivity index (χ0) is 14.1. The number of benzene rings is 1. The second kappa shape index (κ2) is 4.53. The summed E-state index contributed by atoms with van der Waals surface area (Å²) in [6.07, 6.45) is -3.55. The van der Waals surface area contributed by atoms with Crippen molar-refractivity contribution in [2.24, 2.45) is 0 Å². The Morgan fingerprint density at radius 2 is 2.00 bits per heavy atom. The van der Waals surface area contributed by atoms with Crippen molar-refractivity contribution in [3.05, 3.63) is 36.2 Å². The topological polar surface area (TPSA) is 87.7 Å². The van der Waals surface area contributed by atoms with E-state index in [0.717, 1.165) is 24.5 Å². The van der Waals surface area contributed by atoms with Gasteiger partial charge in [0.05, 0.1) is 10.5 Å². The maximum absolute atomic E-state index is 12.5. The van der Waals surface area contributed by atoms with Crippen LogP contribution in [0, 0.1) is 0 Å². The summed E-state index contributed by atoms with van der Waals surface area (Å²) in [4.78, 5) is 3.00. The number of H-pyrrole nitrogens is 1. The number of rotatable bonds is 3. The number of alkyl halides is 3. The lowest BCUT2D eigenvalue weighted by atomic mass is 10.2. The first-order valence-corrected chi connectivity index (χ1v) is 6.33. The van der Waals surface area contributed by atoms with Gasteiger partial charge in [-0.1, -0.05) is 6.07 Å². The molecule has 0 bridgehead atoms. The van der Waals surface area contributed by atoms with E-state index in [0.29, 0.717) is 6.07 Å². The Kier molecular flexibility index (Phi) is 3.18. The summed E-state index contributed by atoms with van der Waals surface area (Å²) in [6.45, 7) is 0. The molecule has 2 N–H and O–H groups in total. The predicted octanol–water partition coefficient (Wildman–Crippen LogP) is 1.62. The van der Waals surface area contributed by atoms with Crippen LogP contribution in [0.2, 0.25) is 0 Å². The minimum atomic E-state index is -4.61. The highest BCUT2D eigenvalue weighted by molar-refractivity contribution is 7.92. The first-order valence-electron chi connectivity index (χ1n) is 4.84.